The molecular formula is C21H28N4O3. The van der Waals surface area contributed by atoms with Crippen LogP contribution in [0.15, 0.2) is 48.8 Å². The Hall–Kier alpha value is -2.93. The Morgan fingerprint density at radius 1 is 1.18 bits per heavy atom. The lowest BCUT2D eigenvalue weighted by molar-refractivity contribution is -0.118. The number of benzene rings is 1. The van der Waals surface area contributed by atoms with Gasteiger partial charge in [-0.1, -0.05) is 26.0 Å². The third kappa shape index (κ3) is 5.79. The van der Waals surface area contributed by atoms with E-state index < -0.39 is 5.91 Å². The summed E-state index contributed by atoms with van der Waals surface area (Å²) < 4.78 is 5.38. The van der Waals surface area contributed by atoms with Crippen LogP contribution in [0.1, 0.15) is 31.9 Å². The second-order valence-electron chi connectivity index (χ2n) is 6.82. The maximum atomic E-state index is 13.0. The number of aromatic nitrogens is 1. The molecule has 2 aromatic rings. The molecule has 28 heavy (non-hydrogen) atoms. The number of carbonyl (C=O) groups excluding carboxylic acids is 2. The van der Waals surface area contributed by atoms with Crippen LogP contribution in [-0.2, 0) is 9.59 Å². The second kappa shape index (κ2) is 10.4. The lowest BCUT2D eigenvalue weighted by Gasteiger charge is -2.27. The first-order valence-electron chi connectivity index (χ1n) is 9.29. The highest BCUT2D eigenvalue weighted by Gasteiger charge is 2.22. The highest BCUT2D eigenvalue weighted by atomic mass is 16.5. The summed E-state index contributed by atoms with van der Waals surface area (Å²) in [5, 5.41) is 3.33. The predicted octanol–water partition coefficient (Wildman–Crippen LogP) is 2.29. The van der Waals surface area contributed by atoms with Crippen molar-refractivity contribution in [3.8, 4) is 5.75 Å². The summed E-state index contributed by atoms with van der Waals surface area (Å²) in [4.78, 5) is 29.9. The molecule has 1 heterocycles. The van der Waals surface area contributed by atoms with Crippen LogP contribution >= 0.6 is 0 Å². The molecule has 150 valence electrons. The van der Waals surface area contributed by atoms with Crippen molar-refractivity contribution in [3.63, 3.8) is 0 Å². The second-order valence-corrected chi connectivity index (χ2v) is 6.82. The number of hydrogen-bond acceptors (Lipinski definition) is 5. The molecule has 1 atom stereocenters. The van der Waals surface area contributed by atoms with E-state index >= 15 is 0 Å². The summed E-state index contributed by atoms with van der Waals surface area (Å²) in [5.41, 5.74) is 6.98. The lowest BCUT2D eigenvalue weighted by atomic mass is 9.97. The first kappa shape index (κ1) is 21.4. The molecule has 0 radical (unpaired) electrons. The Balaban J connectivity index is 2.18. The molecule has 0 bridgehead atoms. The van der Waals surface area contributed by atoms with E-state index in [2.05, 4.69) is 24.1 Å². The highest BCUT2D eigenvalue weighted by molar-refractivity contribution is 5.96. The standard InChI is InChI=1S/C21H28N4O3/c1-15(2)21(16-8-11-23-12-9-16)24-14-20(27)25(13-10-19(22)26)17-6-4-5-7-18(17)28-3/h4-9,11-12,15,21,24H,10,13-14H2,1-3H3,(H2,22,26)/t21-/m1/s1. The zero-order valence-corrected chi connectivity index (χ0v) is 16.6. The van der Waals surface area contributed by atoms with Gasteiger partial charge < -0.3 is 20.7 Å². The molecule has 2 rings (SSSR count). The highest BCUT2D eigenvalue weighted by Crippen LogP contribution is 2.28. The third-order valence-electron chi connectivity index (χ3n) is 4.46. The average molecular weight is 384 g/mol. The van der Waals surface area contributed by atoms with Crippen LogP contribution < -0.4 is 20.7 Å². The van der Waals surface area contributed by atoms with Crippen molar-refractivity contribution in [2.75, 3.05) is 25.1 Å². The van der Waals surface area contributed by atoms with E-state index in [0.717, 1.165) is 5.56 Å². The van der Waals surface area contributed by atoms with Crippen LogP contribution in [0.3, 0.4) is 0 Å². The molecule has 1 aromatic heterocycles. The number of rotatable bonds is 10. The smallest absolute Gasteiger partial charge is 0.241 e. The predicted molar refractivity (Wildman–Crippen MR) is 109 cm³/mol. The molecule has 2 amide bonds. The fourth-order valence-corrected chi connectivity index (χ4v) is 3.06. The van der Waals surface area contributed by atoms with Crippen LogP contribution in [0.25, 0.3) is 0 Å². The maximum Gasteiger partial charge on any atom is 0.241 e. The van der Waals surface area contributed by atoms with Gasteiger partial charge >= 0.3 is 0 Å². The number of para-hydroxylation sites is 2. The number of primary amides is 1. The van der Waals surface area contributed by atoms with Crippen molar-refractivity contribution in [2.45, 2.75) is 26.3 Å². The number of carbonyl (C=O) groups is 2. The number of nitrogens with one attached hydrogen (secondary N) is 1. The van der Waals surface area contributed by atoms with Crippen LogP contribution in [0.4, 0.5) is 5.69 Å². The van der Waals surface area contributed by atoms with Gasteiger partial charge in [0.25, 0.3) is 0 Å². The van der Waals surface area contributed by atoms with E-state index in [1.165, 1.54) is 0 Å². The molecule has 3 N–H and O–H groups in total. The molecule has 1 aromatic carbocycles. The number of methoxy groups -OCH3 is 1. The van der Waals surface area contributed by atoms with E-state index in [9.17, 15) is 9.59 Å². The van der Waals surface area contributed by atoms with Crippen molar-refractivity contribution < 1.29 is 14.3 Å². The summed E-state index contributed by atoms with van der Waals surface area (Å²) in [7, 11) is 1.55. The van der Waals surface area contributed by atoms with Crippen LogP contribution in [0.5, 0.6) is 5.75 Å². The Morgan fingerprint density at radius 3 is 2.46 bits per heavy atom. The normalized spacial score (nSPS) is 11.9. The van der Waals surface area contributed by atoms with Crippen molar-refractivity contribution in [3.05, 3.63) is 54.4 Å². The van der Waals surface area contributed by atoms with Crippen molar-refractivity contribution in [1.29, 1.82) is 0 Å². The first-order chi connectivity index (χ1) is 13.4. The van der Waals surface area contributed by atoms with Crippen molar-refractivity contribution in [2.24, 2.45) is 11.7 Å². The van der Waals surface area contributed by atoms with Gasteiger partial charge in [0, 0.05) is 31.4 Å². The van der Waals surface area contributed by atoms with E-state index in [4.69, 9.17) is 10.5 Å². The maximum absolute atomic E-state index is 13.0. The number of amides is 2. The van der Waals surface area contributed by atoms with E-state index in [1.807, 2.05) is 24.3 Å². The summed E-state index contributed by atoms with van der Waals surface area (Å²) in [6.07, 6.45) is 3.55. The van der Waals surface area contributed by atoms with Crippen molar-refractivity contribution >= 4 is 17.5 Å². The van der Waals surface area contributed by atoms with Gasteiger partial charge in [0.2, 0.25) is 11.8 Å². The fraction of sp³-hybridized carbons (Fsp3) is 0.381. The molecular weight excluding hydrogens is 356 g/mol. The molecule has 0 saturated heterocycles. The number of pyridine rings is 1. The minimum atomic E-state index is -0.461. The number of anilines is 1. The molecule has 7 nitrogen and oxygen atoms in total. The molecule has 0 aliphatic carbocycles. The molecule has 0 unspecified atom stereocenters. The van der Waals surface area contributed by atoms with Crippen LogP contribution in [-0.4, -0.2) is 37.0 Å². The summed E-state index contributed by atoms with van der Waals surface area (Å²) in [6, 6.07) is 11.1. The van der Waals surface area contributed by atoms with Gasteiger partial charge in [0.1, 0.15) is 5.75 Å². The SMILES string of the molecule is COc1ccccc1N(CCC(N)=O)C(=O)CN[C@@H](c1ccncc1)C(C)C. The third-order valence-corrected chi connectivity index (χ3v) is 4.46. The lowest BCUT2D eigenvalue weighted by Crippen LogP contribution is -2.42. The van der Waals surface area contributed by atoms with Gasteiger partial charge in [-0.25, -0.2) is 0 Å². The van der Waals surface area contributed by atoms with Crippen LogP contribution in [0, 0.1) is 5.92 Å². The van der Waals surface area contributed by atoms with Crippen molar-refractivity contribution in [1.82, 2.24) is 10.3 Å². The minimum Gasteiger partial charge on any atom is -0.495 e. The largest absolute Gasteiger partial charge is 0.495 e. The average Bonchev–Trinajstić information content (AvgIpc) is 2.69. The molecule has 0 aliphatic rings. The molecule has 0 spiro atoms. The first-order valence-corrected chi connectivity index (χ1v) is 9.29. The monoisotopic (exact) mass is 384 g/mol. The Kier molecular flexibility index (Phi) is 7.95. The minimum absolute atomic E-state index is 0.00242. The molecule has 0 fully saturated rings. The number of hydrogen-bond donors (Lipinski definition) is 2. The molecule has 0 aliphatic heterocycles. The number of ether oxygens (including phenoxy) is 1. The zero-order chi connectivity index (χ0) is 20.5. The number of nitrogens with two attached hydrogens (primary N) is 1. The van der Waals surface area contributed by atoms with E-state index in [1.54, 1.807) is 36.5 Å². The summed E-state index contributed by atoms with van der Waals surface area (Å²) >= 11 is 0. The van der Waals surface area contributed by atoms with Gasteiger partial charge in [0.15, 0.2) is 0 Å². The Labute approximate surface area is 165 Å². The fourth-order valence-electron chi connectivity index (χ4n) is 3.06. The molecule has 0 saturated carbocycles. The van der Waals surface area contributed by atoms with Gasteiger partial charge in [0.05, 0.1) is 19.3 Å². The summed E-state index contributed by atoms with van der Waals surface area (Å²) in [6.45, 7) is 4.49. The van der Waals surface area contributed by atoms with Crippen LogP contribution in [0.2, 0.25) is 0 Å². The van der Waals surface area contributed by atoms with Gasteiger partial charge in [-0.2, -0.15) is 0 Å². The Morgan fingerprint density at radius 2 is 1.86 bits per heavy atom. The quantitative estimate of drug-likeness (QED) is 0.655. The van der Waals surface area contributed by atoms with Gasteiger partial charge in [-0.15, -0.1) is 0 Å². The summed E-state index contributed by atoms with van der Waals surface area (Å²) in [5.74, 6) is 0.221. The van der Waals surface area contributed by atoms with E-state index in [0.29, 0.717) is 11.4 Å². The number of nitrogens with zero attached hydrogens (tertiary/aromatic N) is 2. The molecule has 7 heteroatoms. The van der Waals surface area contributed by atoms with Gasteiger partial charge in [-0.05, 0) is 35.7 Å². The van der Waals surface area contributed by atoms with E-state index in [-0.39, 0.29) is 37.4 Å². The Bertz CT molecular complexity index is 780. The zero-order valence-electron chi connectivity index (χ0n) is 16.6. The topological polar surface area (TPSA) is 97.5 Å². The van der Waals surface area contributed by atoms with Gasteiger partial charge in [-0.3, -0.25) is 14.6 Å².